The largest absolute Gasteiger partial charge is 0.382 e. The van der Waals surface area contributed by atoms with Gasteiger partial charge in [0.05, 0.1) is 6.10 Å². The van der Waals surface area contributed by atoms with Crippen LogP contribution in [0.25, 0.3) is 0 Å². The fraction of sp³-hybridized carbons (Fsp3) is 0.917. The van der Waals surface area contributed by atoms with Gasteiger partial charge < -0.3 is 15.0 Å². The highest BCUT2D eigenvalue weighted by Gasteiger charge is 1.97. The predicted molar refractivity (Wildman–Crippen MR) is 68.6 cm³/mol. The Morgan fingerprint density at radius 3 is 2.19 bits per heavy atom. The molecule has 0 atom stereocenters. The highest BCUT2D eigenvalue weighted by atomic mass is 16.5. The quantitative estimate of drug-likeness (QED) is 0.509. The minimum Gasteiger partial charge on any atom is -0.382 e. The van der Waals surface area contributed by atoms with Crippen LogP contribution < -0.4 is 5.32 Å². The van der Waals surface area contributed by atoms with Gasteiger partial charge in [-0.3, -0.25) is 4.79 Å². The van der Waals surface area contributed by atoms with Crippen LogP contribution in [0.1, 0.15) is 34.1 Å². The monoisotopic (exact) mass is 232 g/mol. The molecule has 1 N–H and O–H groups in total. The van der Waals surface area contributed by atoms with Gasteiger partial charge in [-0.15, -0.1) is 0 Å². The number of carbonyl (C=O) groups excluding carboxylic acids is 1. The first-order valence-corrected chi connectivity index (χ1v) is 6.04. The van der Waals surface area contributed by atoms with Crippen molar-refractivity contribution in [3.8, 4) is 0 Å². The smallest absolute Gasteiger partial charge is 0.207 e. The molecule has 98 valence electrons. The normalized spacial score (nSPS) is 9.94. The minimum absolute atomic E-state index is 0.384. The van der Waals surface area contributed by atoms with Gasteiger partial charge in [0.25, 0.3) is 0 Å². The summed E-state index contributed by atoms with van der Waals surface area (Å²) in [5.41, 5.74) is 0. The highest BCUT2D eigenvalue weighted by molar-refractivity contribution is 5.45. The van der Waals surface area contributed by atoms with Crippen molar-refractivity contribution in [3.05, 3.63) is 0 Å². The Kier molecular flexibility index (Phi) is 16.0. The fourth-order valence-corrected chi connectivity index (χ4v) is 1.03. The number of nitrogens with zero attached hydrogens (tertiary/aromatic N) is 1. The summed E-state index contributed by atoms with van der Waals surface area (Å²) in [5, 5.41) is 2.65. The van der Waals surface area contributed by atoms with Crippen molar-refractivity contribution in [1.82, 2.24) is 10.2 Å². The first kappa shape index (κ1) is 17.8. The van der Waals surface area contributed by atoms with Crippen molar-refractivity contribution >= 4 is 6.41 Å². The fourth-order valence-electron chi connectivity index (χ4n) is 1.03. The second kappa shape index (κ2) is 14.4. The average Bonchev–Trinajstić information content (AvgIpc) is 2.29. The van der Waals surface area contributed by atoms with Gasteiger partial charge in [-0.25, -0.2) is 0 Å². The third kappa shape index (κ3) is 15.8. The molecule has 0 unspecified atom stereocenters. The first-order valence-electron chi connectivity index (χ1n) is 6.04. The van der Waals surface area contributed by atoms with Crippen molar-refractivity contribution in [2.75, 3.05) is 33.3 Å². The number of carbonyl (C=O) groups is 1. The maximum Gasteiger partial charge on any atom is 0.207 e. The number of methoxy groups -OCH3 is 1. The van der Waals surface area contributed by atoms with E-state index >= 15 is 0 Å². The van der Waals surface area contributed by atoms with Gasteiger partial charge in [-0.05, 0) is 33.4 Å². The molecule has 0 saturated carbocycles. The Morgan fingerprint density at radius 1 is 1.31 bits per heavy atom. The van der Waals surface area contributed by atoms with E-state index in [0.717, 1.165) is 32.6 Å². The van der Waals surface area contributed by atoms with Gasteiger partial charge in [0.15, 0.2) is 0 Å². The second-order valence-corrected chi connectivity index (χ2v) is 3.79. The van der Waals surface area contributed by atoms with Gasteiger partial charge in [-0.1, -0.05) is 13.8 Å². The number of hydrogen-bond donors (Lipinski definition) is 1. The van der Waals surface area contributed by atoms with E-state index in [1.807, 2.05) is 13.8 Å². The van der Waals surface area contributed by atoms with Crippen LogP contribution >= 0.6 is 0 Å². The summed E-state index contributed by atoms with van der Waals surface area (Å²) in [6, 6.07) is 0. The zero-order chi connectivity index (χ0) is 12.8. The zero-order valence-electron chi connectivity index (χ0n) is 11.5. The lowest BCUT2D eigenvalue weighted by atomic mass is 10.4. The Labute approximate surface area is 100 Å². The molecule has 0 aliphatic heterocycles. The van der Waals surface area contributed by atoms with Crippen molar-refractivity contribution < 1.29 is 9.53 Å². The molecule has 0 bridgehead atoms. The molecule has 4 heteroatoms. The number of hydrogen-bond acceptors (Lipinski definition) is 3. The number of nitrogens with one attached hydrogen (secondary N) is 1. The van der Waals surface area contributed by atoms with Gasteiger partial charge >= 0.3 is 0 Å². The van der Waals surface area contributed by atoms with Gasteiger partial charge in [0.1, 0.15) is 0 Å². The Morgan fingerprint density at radius 2 is 1.88 bits per heavy atom. The molecular weight excluding hydrogens is 204 g/mol. The first-order chi connectivity index (χ1) is 7.62. The lowest BCUT2D eigenvalue weighted by molar-refractivity contribution is -0.109. The van der Waals surface area contributed by atoms with Crippen LogP contribution in [-0.4, -0.2) is 50.7 Å². The third-order valence-electron chi connectivity index (χ3n) is 2.11. The summed E-state index contributed by atoms with van der Waals surface area (Å²) in [4.78, 5) is 12.2. The second-order valence-electron chi connectivity index (χ2n) is 3.79. The SMILES string of the molecule is CCCN(CC)CCNC=O.COC(C)C. The average molecular weight is 232 g/mol. The molecule has 4 nitrogen and oxygen atoms in total. The molecule has 16 heavy (non-hydrogen) atoms. The molecule has 0 spiro atoms. The summed E-state index contributed by atoms with van der Waals surface area (Å²) in [7, 11) is 1.70. The third-order valence-corrected chi connectivity index (χ3v) is 2.11. The summed E-state index contributed by atoms with van der Waals surface area (Å²) in [6.07, 6.45) is 2.31. The molecule has 0 rings (SSSR count). The molecule has 0 saturated heterocycles. The Balaban J connectivity index is 0. The minimum atomic E-state index is 0.384. The molecule has 0 aromatic carbocycles. The van der Waals surface area contributed by atoms with Crippen LogP contribution in [0.15, 0.2) is 0 Å². The molecule has 0 radical (unpaired) electrons. The molecule has 0 aromatic heterocycles. The number of amides is 1. The van der Waals surface area contributed by atoms with Gasteiger partial charge in [-0.2, -0.15) is 0 Å². The maximum atomic E-state index is 9.90. The zero-order valence-corrected chi connectivity index (χ0v) is 11.5. The van der Waals surface area contributed by atoms with Crippen molar-refractivity contribution in [2.45, 2.75) is 40.2 Å². The predicted octanol–water partition coefficient (Wildman–Crippen LogP) is 1.51. The van der Waals surface area contributed by atoms with Gasteiger partial charge in [0, 0.05) is 20.2 Å². The van der Waals surface area contributed by atoms with Crippen LogP contribution in [0.4, 0.5) is 0 Å². The van der Waals surface area contributed by atoms with Crippen molar-refractivity contribution in [3.63, 3.8) is 0 Å². The van der Waals surface area contributed by atoms with E-state index in [0.29, 0.717) is 6.10 Å². The van der Waals surface area contributed by atoms with Crippen molar-refractivity contribution in [2.24, 2.45) is 0 Å². The molecule has 0 aliphatic rings. The van der Waals surface area contributed by atoms with Crippen LogP contribution in [0, 0.1) is 0 Å². The van der Waals surface area contributed by atoms with Crippen LogP contribution in [0.2, 0.25) is 0 Å². The summed E-state index contributed by atoms with van der Waals surface area (Å²) < 4.78 is 4.75. The maximum absolute atomic E-state index is 9.90. The Hall–Kier alpha value is -0.610. The number of rotatable bonds is 8. The summed E-state index contributed by atoms with van der Waals surface area (Å²) in [6.45, 7) is 12.2. The van der Waals surface area contributed by atoms with Crippen LogP contribution in [-0.2, 0) is 9.53 Å². The van der Waals surface area contributed by atoms with E-state index in [1.54, 1.807) is 7.11 Å². The summed E-state index contributed by atoms with van der Waals surface area (Å²) in [5.74, 6) is 0. The molecular formula is C12H28N2O2. The Bertz CT molecular complexity index is 141. The molecule has 0 aromatic rings. The van der Waals surface area contributed by atoms with E-state index in [4.69, 9.17) is 4.74 Å². The van der Waals surface area contributed by atoms with E-state index in [-0.39, 0.29) is 0 Å². The lowest BCUT2D eigenvalue weighted by Gasteiger charge is -2.18. The highest BCUT2D eigenvalue weighted by Crippen LogP contribution is 1.88. The van der Waals surface area contributed by atoms with Gasteiger partial charge in [0.2, 0.25) is 6.41 Å². The van der Waals surface area contributed by atoms with Crippen LogP contribution in [0.3, 0.4) is 0 Å². The molecule has 1 amide bonds. The molecule has 0 fully saturated rings. The topological polar surface area (TPSA) is 41.6 Å². The van der Waals surface area contributed by atoms with E-state index in [9.17, 15) is 4.79 Å². The van der Waals surface area contributed by atoms with E-state index < -0.39 is 0 Å². The van der Waals surface area contributed by atoms with Crippen LogP contribution in [0.5, 0.6) is 0 Å². The summed E-state index contributed by atoms with van der Waals surface area (Å²) >= 11 is 0. The number of ether oxygens (including phenoxy) is 1. The molecule has 0 aliphatic carbocycles. The lowest BCUT2D eigenvalue weighted by Crippen LogP contribution is -2.32. The standard InChI is InChI=1S/C8H18N2O.C4H10O/c1-3-6-10(4-2)7-5-9-8-11;1-4(2)5-3/h8H,3-7H2,1-2H3,(H,9,11);4H,1-3H3. The van der Waals surface area contributed by atoms with E-state index in [2.05, 4.69) is 24.1 Å². The number of likely N-dealkylation sites (N-methyl/N-ethyl adjacent to an activating group) is 1. The van der Waals surface area contributed by atoms with Crippen molar-refractivity contribution in [1.29, 1.82) is 0 Å². The molecule has 0 heterocycles. The van der Waals surface area contributed by atoms with E-state index in [1.165, 1.54) is 6.42 Å².